The molecular formula is C62H86N12O17S4. The van der Waals surface area contributed by atoms with Gasteiger partial charge < -0.3 is 82.6 Å². The molecule has 0 saturated heterocycles. The number of nitrogens with one attached hydrogen (secondary N) is 7. The molecule has 3 amide bonds. The number of benzene rings is 2. The van der Waals surface area contributed by atoms with E-state index in [2.05, 4.69) is 52.2 Å². The average Bonchev–Trinajstić information content (AvgIpc) is 1.62. The van der Waals surface area contributed by atoms with Crippen LogP contribution < -0.4 is 48.7 Å². The van der Waals surface area contributed by atoms with Crippen LogP contribution in [0, 0.1) is 0 Å². The van der Waals surface area contributed by atoms with Crippen LogP contribution in [0.3, 0.4) is 0 Å². The number of nitrogens with two attached hydrogens (primary N) is 2. The number of ether oxygens (including phenoxy) is 5. The SMILES string of the molecule is CC(C)(C)OC(=O)N[C@@H](CCNC(N)=S)C(=O)OC(C)(C)C.CC(C)(C)OC(=O)N[C@@H](CCNc1ncc(C=O)s1)C(=O)OC(C)(C)C.N[C@@H](CCNc1ncc(C=O)s1)C(=O)O.O=Cc1cnc(NCC[C@H](NC(=O)OCC2c3ccccc3-c3ccccc32)C(=O)O)s1. The third-order valence-electron chi connectivity index (χ3n) is 11.8. The normalized spacial score (nSPS) is 12.8. The molecule has 13 N–H and O–H groups in total. The molecule has 3 aromatic heterocycles. The Bertz CT molecular complexity index is 3320. The molecule has 95 heavy (non-hydrogen) atoms. The first-order valence-corrected chi connectivity index (χ1v) is 32.5. The summed E-state index contributed by atoms with van der Waals surface area (Å²) in [7, 11) is 0. The van der Waals surface area contributed by atoms with Crippen LogP contribution in [-0.2, 0) is 42.9 Å². The fourth-order valence-electron chi connectivity index (χ4n) is 7.90. The smallest absolute Gasteiger partial charge is 0.408 e. The van der Waals surface area contributed by atoms with E-state index in [4.69, 9.17) is 52.5 Å². The van der Waals surface area contributed by atoms with Crippen molar-refractivity contribution in [3.63, 3.8) is 0 Å². The van der Waals surface area contributed by atoms with Crippen LogP contribution in [0.5, 0.6) is 0 Å². The maximum Gasteiger partial charge on any atom is 0.408 e. The molecular weight excluding hydrogens is 1310 g/mol. The third kappa shape index (κ3) is 32.2. The van der Waals surface area contributed by atoms with Gasteiger partial charge in [-0.1, -0.05) is 82.5 Å². The highest BCUT2D eigenvalue weighted by molar-refractivity contribution is 7.80. The lowest BCUT2D eigenvalue weighted by Crippen LogP contribution is -2.47. The summed E-state index contributed by atoms with van der Waals surface area (Å²) in [6, 6.07) is 12.3. The van der Waals surface area contributed by atoms with Crippen molar-refractivity contribution in [2.24, 2.45) is 11.5 Å². The number of aliphatic carboxylic acids is 2. The van der Waals surface area contributed by atoms with E-state index in [0.717, 1.165) is 28.5 Å². The van der Waals surface area contributed by atoms with Gasteiger partial charge in [-0.05, 0) is 143 Å². The second-order valence-corrected chi connectivity index (χ2v) is 28.2. The van der Waals surface area contributed by atoms with Crippen molar-refractivity contribution in [3.8, 4) is 11.1 Å². The Morgan fingerprint density at radius 2 is 0.874 bits per heavy atom. The predicted molar refractivity (Wildman–Crippen MR) is 364 cm³/mol. The van der Waals surface area contributed by atoms with Crippen LogP contribution >= 0.6 is 46.2 Å². The van der Waals surface area contributed by atoms with Gasteiger partial charge in [-0.2, -0.15) is 0 Å². The van der Waals surface area contributed by atoms with Crippen LogP contribution in [-0.4, -0.2) is 171 Å². The number of hydrogen-bond acceptors (Lipinski definition) is 26. The van der Waals surface area contributed by atoms with Crippen molar-refractivity contribution < 1.29 is 81.8 Å². The summed E-state index contributed by atoms with van der Waals surface area (Å²) in [4.78, 5) is 128. The van der Waals surface area contributed by atoms with Crippen LogP contribution in [0.1, 0.15) is 155 Å². The Labute approximate surface area is 568 Å². The number of nitrogens with zero attached hydrogens (tertiary/aromatic N) is 3. The van der Waals surface area contributed by atoms with E-state index < -0.39 is 88.7 Å². The first-order chi connectivity index (χ1) is 44.4. The number of carbonyl (C=O) groups is 10. The Morgan fingerprint density at radius 3 is 1.21 bits per heavy atom. The molecule has 0 radical (unpaired) electrons. The quantitative estimate of drug-likeness (QED) is 0.0102. The van der Waals surface area contributed by atoms with Gasteiger partial charge in [0.1, 0.15) is 53.2 Å². The molecule has 29 nitrogen and oxygen atoms in total. The number of rotatable bonds is 27. The third-order valence-corrected chi connectivity index (χ3v) is 14.6. The van der Waals surface area contributed by atoms with Gasteiger partial charge in [-0.25, -0.2) is 43.7 Å². The van der Waals surface area contributed by atoms with Crippen molar-refractivity contribution >= 4 is 128 Å². The molecule has 5 aromatic rings. The number of hydrogen-bond donors (Lipinski definition) is 11. The van der Waals surface area contributed by atoms with Crippen LogP contribution in [0.15, 0.2) is 67.1 Å². The van der Waals surface area contributed by atoms with Gasteiger partial charge in [0.2, 0.25) is 0 Å². The topological polar surface area (TPSA) is 432 Å². The lowest BCUT2D eigenvalue weighted by molar-refractivity contribution is -0.158. The molecule has 1 aliphatic rings. The lowest BCUT2D eigenvalue weighted by Gasteiger charge is -2.26. The van der Waals surface area contributed by atoms with Gasteiger partial charge >= 0.3 is 42.2 Å². The van der Waals surface area contributed by atoms with Crippen molar-refractivity contribution in [2.45, 2.75) is 161 Å². The minimum Gasteiger partial charge on any atom is -0.480 e. The summed E-state index contributed by atoms with van der Waals surface area (Å²) in [5.74, 6) is -3.37. The van der Waals surface area contributed by atoms with Crippen molar-refractivity contribution in [1.29, 1.82) is 0 Å². The Hall–Kier alpha value is -8.92. The summed E-state index contributed by atoms with van der Waals surface area (Å²) < 4.78 is 26.4. The predicted octanol–water partition coefficient (Wildman–Crippen LogP) is 8.36. The van der Waals surface area contributed by atoms with Gasteiger partial charge in [0, 0.05) is 32.1 Å². The number of fused-ring (bicyclic) bond motifs is 3. The van der Waals surface area contributed by atoms with E-state index in [1.165, 1.54) is 52.6 Å². The summed E-state index contributed by atoms with van der Waals surface area (Å²) in [6.45, 7) is 22.4. The van der Waals surface area contributed by atoms with E-state index in [-0.39, 0.29) is 43.4 Å². The molecule has 0 fully saturated rings. The maximum absolute atomic E-state index is 12.4. The van der Waals surface area contributed by atoms with Crippen molar-refractivity contribution in [2.75, 3.05) is 48.7 Å². The number of amides is 3. The maximum atomic E-state index is 12.4. The molecule has 0 spiro atoms. The zero-order valence-electron chi connectivity index (χ0n) is 55.0. The van der Waals surface area contributed by atoms with E-state index in [0.29, 0.717) is 68.7 Å². The summed E-state index contributed by atoms with van der Waals surface area (Å²) in [6.07, 6.45) is 5.30. The van der Waals surface area contributed by atoms with E-state index >= 15 is 0 Å². The fourth-order valence-corrected chi connectivity index (χ4v) is 9.97. The number of aromatic nitrogens is 3. The Balaban J connectivity index is 0.000000341. The van der Waals surface area contributed by atoms with E-state index in [1.54, 1.807) is 83.1 Å². The highest BCUT2D eigenvalue weighted by Crippen LogP contribution is 2.44. The van der Waals surface area contributed by atoms with E-state index in [1.807, 2.05) is 48.5 Å². The summed E-state index contributed by atoms with van der Waals surface area (Å²) in [5.41, 5.74) is 12.4. The van der Waals surface area contributed by atoms with Gasteiger partial charge in [-0.15, -0.1) is 0 Å². The lowest BCUT2D eigenvalue weighted by atomic mass is 9.98. The number of carboxylic acid groups (broad SMARTS) is 2. The fraction of sp³-hybridized carbons (Fsp3) is 0.484. The summed E-state index contributed by atoms with van der Waals surface area (Å²) in [5, 5.41) is 38.8. The van der Waals surface area contributed by atoms with Crippen molar-refractivity contribution in [1.82, 2.24) is 36.2 Å². The zero-order chi connectivity index (χ0) is 71.3. The molecule has 0 bridgehead atoms. The monoisotopic (exact) mass is 1400 g/mol. The standard InChI is InChI=1S/C23H21N3O5S.C17H27N3O5S.C14H27N3O4S.C8H11N3O3S/c27-12-14-11-25-22(32-14)24-10-9-20(21(28)29)26-23(30)31-13-19-17-7-3-1-5-15(17)16-6-2-4-8-18(16)19;1-16(2,3)24-13(22)12(20-15(23)25-17(4,5)6)7-8-18-14-19-9-11(10-21)26-14;1-13(2,3)20-10(18)9(7-8-16-11(15)22)17-12(19)21-14(4,5)6;9-6(7(13)14)1-2-10-8-11-3-5(4-12)15-8/h1-8,11-12,19-20H,9-10,13H2,(H,24,25)(H,26,30)(H,28,29);9-10,12H,7-8H2,1-6H3,(H,18,19)(H,20,23);9H,7-8H2,1-6H3,(H,17,19)(H3,15,16,22);3-4,6H,1-2,9H2,(H,10,11)(H,13,14)/t20-;12-;9-;6-/m0000/s1. The van der Waals surface area contributed by atoms with Gasteiger partial charge in [0.25, 0.3) is 0 Å². The second-order valence-electron chi connectivity index (χ2n) is 24.6. The van der Waals surface area contributed by atoms with Crippen LogP contribution in [0.4, 0.5) is 29.8 Å². The van der Waals surface area contributed by atoms with Crippen LogP contribution in [0.2, 0.25) is 0 Å². The molecule has 33 heteroatoms. The summed E-state index contributed by atoms with van der Waals surface area (Å²) >= 11 is 8.29. The minimum absolute atomic E-state index is 0.102. The molecule has 520 valence electrons. The van der Waals surface area contributed by atoms with Crippen LogP contribution in [0.25, 0.3) is 11.1 Å². The van der Waals surface area contributed by atoms with Gasteiger partial charge in [0.15, 0.2) is 39.4 Å². The van der Waals surface area contributed by atoms with Gasteiger partial charge in [-0.3, -0.25) is 19.2 Å². The number of esters is 2. The minimum atomic E-state index is -1.16. The first kappa shape index (κ1) is 80.3. The number of thiazole rings is 3. The molecule has 4 atom stereocenters. The molecule has 2 aromatic carbocycles. The zero-order valence-corrected chi connectivity index (χ0v) is 58.2. The highest BCUT2D eigenvalue weighted by atomic mass is 32.1. The van der Waals surface area contributed by atoms with Crippen molar-refractivity contribution in [3.05, 3.63) is 92.9 Å². The Morgan fingerprint density at radius 1 is 0.526 bits per heavy atom. The highest BCUT2D eigenvalue weighted by Gasteiger charge is 2.32. The molecule has 0 saturated carbocycles. The molecule has 0 aliphatic heterocycles. The molecule has 0 unspecified atom stereocenters. The molecule has 3 heterocycles. The second kappa shape index (κ2) is 38.4. The van der Waals surface area contributed by atoms with E-state index in [9.17, 15) is 53.1 Å². The largest absolute Gasteiger partial charge is 0.480 e. The molecule has 6 rings (SSSR count). The number of thiocarbonyl (C=S) groups is 1. The number of carboxylic acids is 2. The number of anilines is 3. The average molecular weight is 1400 g/mol. The number of alkyl carbamates (subject to hydrolysis) is 3. The molecule has 1 aliphatic carbocycles. The number of carbonyl (C=O) groups excluding carboxylic acids is 8. The van der Waals surface area contributed by atoms with Gasteiger partial charge in [0.05, 0.1) is 33.2 Å². The number of aldehydes is 3. The first-order valence-electron chi connectivity index (χ1n) is 29.6. The Kier molecular flexibility index (Phi) is 32.5.